The zero-order valence-corrected chi connectivity index (χ0v) is 10.6. The third-order valence-corrected chi connectivity index (χ3v) is 3.17. The van der Waals surface area contributed by atoms with Crippen LogP contribution < -0.4 is 4.74 Å². The predicted molar refractivity (Wildman–Crippen MR) is 73.2 cm³/mol. The Kier molecular flexibility index (Phi) is 2.73. The number of ether oxygens (including phenoxy) is 1. The van der Waals surface area contributed by atoms with E-state index in [1.807, 2.05) is 48.5 Å². The van der Waals surface area contributed by atoms with Gasteiger partial charge in [-0.25, -0.2) is 0 Å². The lowest BCUT2D eigenvalue weighted by atomic mass is 10.1. The summed E-state index contributed by atoms with van der Waals surface area (Å²) < 4.78 is 10.9. The molecule has 0 saturated heterocycles. The van der Waals surface area contributed by atoms with Crippen molar-refractivity contribution in [2.24, 2.45) is 0 Å². The largest absolute Gasteiger partial charge is 0.497 e. The normalized spacial score (nSPS) is 10.8. The molecule has 0 fully saturated rings. The third-order valence-electron chi connectivity index (χ3n) is 2.87. The maximum absolute atomic E-state index is 6.09. The summed E-state index contributed by atoms with van der Waals surface area (Å²) in [7, 11) is 1.65. The van der Waals surface area contributed by atoms with E-state index in [1.54, 1.807) is 7.11 Å². The SMILES string of the molecule is COc1ccc(-c2cc3cccc(Cl)c3o2)cc1. The minimum atomic E-state index is 0.632. The van der Waals surface area contributed by atoms with Crippen molar-refractivity contribution in [1.82, 2.24) is 0 Å². The van der Waals surface area contributed by atoms with Gasteiger partial charge in [0.1, 0.15) is 11.5 Å². The van der Waals surface area contributed by atoms with Gasteiger partial charge in [-0.05, 0) is 36.4 Å². The molecule has 0 bridgehead atoms. The van der Waals surface area contributed by atoms with Crippen LogP contribution in [-0.4, -0.2) is 7.11 Å². The van der Waals surface area contributed by atoms with Crippen LogP contribution in [-0.2, 0) is 0 Å². The molecule has 2 aromatic carbocycles. The molecule has 0 saturated carbocycles. The first-order chi connectivity index (χ1) is 8.78. The first-order valence-corrected chi connectivity index (χ1v) is 5.98. The Morgan fingerprint density at radius 2 is 1.83 bits per heavy atom. The molecule has 0 N–H and O–H groups in total. The molecule has 3 rings (SSSR count). The Morgan fingerprint density at radius 1 is 1.06 bits per heavy atom. The smallest absolute Gasteiger partial charge is 0.153 e. The highest BCUT2D eigenvalue weighted by molar-refractivity contribution is 6.34. The maximum Gasteiger partial charge on any atom is 0.153 e. The molecule has 90 valence electrons. The molecule has 0 atom stereocenters. The monoisotopic (exact) mass is 258 g/mol. The van der Waals surface area contributed by atoms with E-state index in [9.17, 15) is 0 Å². The molecular formula is C15H11ClO2. The van der Waals surface area contributed by atoms with Crippen molar-refractivity contribution in [3.8, 4) is 17.1 Å². The number of hydrogen-bond donors (Lipinski definition) is 0. The van der Waals surface area contributed by atoms with Crippen molar-refractivity contribution in [3.63, 3.8) is 0 Å². The number of para-hydroxylation sites is 1. The average Bonchev–Trinajstić information content (AvgIpc) is 2.84. The predicted octanol–water partition coefficient (Wildman–Crippen LogP) is 4.76. The topological polar surface area (TPSA) is 22.4 Å². The molecule has 0 amide bonds. The van der Waals surface area contributed by atoms with Crippen molar-refractivity contribution < 1.29 is 9.15 Å². The van der Waals surface area contributed by atoms with Gasteiger partial charge in [0.05, 0.1) is 12.1 Å². The molecule has 0 aliphatic carbocycles. The summed E-state index contributed by atoms with van der Waals surface area (Å²) in [5.74, 6) is 1.63. The van der Waals surface area contributed by atoms with E-state index >= 15 is 0 Å². The zero-order chi connectivity index (χ0) is 12.5. The van der Waals surface area contributed by atoms with Gasteiger partial charge in [-0.3, -0.25) is 0 Å². The van der Waals surface area contributed by atoms with Crippen LogP contribution in [0.5, 0.6) is 5.75 Å². The maximum atomic E-state index is 6.09. The fourth-order valence-electron chi connectivity index (χ4n) is 1.93. The number of rotatable bonds is 2. The Balaban J connectivity index is 2.10. The van der Waals surface area contributed by atoms with Gasteiger partial charge in [0.25, 0.3) is 0 Å². The van der Waals surface area contributed by atoms with Crippen LogP contribution in [0, 0.1) is 0 Å². The molecule has 0 aliphatic heterocycles. The van der Waals surface area contributed by atoms with E-state index in [2.05, 4.69) is 0 Å². The molecular weight excluding hydrogens is 248 g/mol. The van der Waals surface area contributed by atoms with Crippen molar-refractivity contribution in [1.29, 1.82) is 0 Å². The summed E-state index contributed by atoms with van der Waals surface area (Å²) in [6, 6.07) is 15.5. The van der Waals surface area contributed by atoms with Crippen molar-refractivity contribution in [2.45, 2.75) is 0 Å². The van der Waals surface area contributed by atoms with Gasteiger partial charge in [0.15, 0.2) is 5.58 Å². The Bertz CT molecular complexity index is 683. The summed E-state index contributed by atoms with van der Waals surface area (Å²) in [5, 5.41) is 1.64. The minimum Gasteiger partial charge on any atom is -0.497 e. The van der Waals surface area contributed by atoms with Crippen LogP contribution in [0.2, 0.25) is 5.02 Å². The molecule has 0 spiro atoms. The van der Waals surface area contributed by atoms with Gasteiger partial charge < -0.3 is 9.15 Å². The number of hydrogen-bond acceptors (Lipinski definition) is 2. The second-order valence-electron chi connectivity index (χ2n) is 4.00. The van der Waals surface area contributed by atoms with Gasteiger partial charge in [0, 0.05) is 10.9 Å². The van der Waals surface area contributed by atoms with Crippen LogP contribution in [0.15, 0.2) is 52.9 Å². The Morgan fingerprint density at radius 3 is 2.50 bits per heavy atom. The average molecular weight is 259 g/mol. The highest BCUT2D eigenvalue weighted by atomic mass is 35.5. The lowest BCUT2D eigenvalue weighted by molar-refractivity contribution is 0.415. The molecule has 2 nitrogen and oxygen atoms in total. The summed E-state index contributed by atoms with van der Waals surface area (Å²) in [4.78, 5) is 0. The van der Waals surface area contributed by atoms with Crippen molar-refractivity contribution >= 4 is 22.6 Å². The van der Waals surface area contributed by atoms with E-state index in [0.29, 0.717) is 5.02 Å². The standard InChI is InChI=1S/C15H11ClO2/c1-17-12-7-5-10(6-8-12)14-9-11-3-2-4-13(16)15(11)18-14/h2-9H,1H3. The number of fused-ring (bicyclic) bond motifs is 1. The van der Waals surface area contributed by atoms with Crippen LogP contribution in [0.1, 0.15) is 0 Å². The number of methoxy groups -OCH3 is 1. The highest BCUT2D eigenvalue weighted by Crippen LogP contribution is 2.32. The molecule has 1 aromatic heterocycles. The number of halogens is 1. The third kappa shape index (κ3) is 1.85. The van der Waals surface area contributed by atoms with Crippen LogP contribution in [0.3, 0.4) is 0 Å². The van der Waals surface area contributed by atoms with E-state index in [1.165, 1.54) is 0 Å². The molecule has 3 heteroatoms. The molecule has 1 heterocycles. The summed E-state index contributed by atoms with van der Waals surface area (Å²) >= 11 is 6.09. The summed E-state index contributed by atoms with van der Waals surface area (Å²) in [5.41, 5.74) is 1.73. The van der Waals surface area contributed by atoms with Crippen molar-refractivity contribution in [3.05, 3.63) is 53.6 Å². The quantitative estimate of drug-likeness (QED) is 0.661. The fourth-order valence-corrected chi connectivity index (χ4v) is 2.15. The summed E-state index contributed by atoms with van der Waals surface area (Å²) in [6.45, 7) is 0. The Labute approximate surface area is 110 Å². The van der Waals surface area contributed by atoms with Gasteiger partial charge in [0.2, 0.25) is 0 Å². The summed E-state index contributed by atoms with van der Waals surface area (Å²) in [6.07, 6.45) is 0. The first kappa shape index (κ1) is 11.2. The molecule has 0 radical (unpaired) electrons. The van der Waals surface area contributed by atoms with E-state index in [4.69, 9.17) is 20.8 Å². The number of furan rings is 1. The second-order valence-corrected chi connectivity index (χ2v) is 4.40. The van der Waals surface area contributed by atoms with E-state index < -0.39 is 0 Å². The van der Waals surface area contributed by atoms with Gasteiger partial charge >= 0.3 is 0 Å². The molecule has 0 aliphatic rings. The van der Waals surface area contributed by atoms with Crippen LogP contribution in [0.4, 0.5) is 0 Å². The fraction of sp³-hybridized carbons (Fsp3) is 0.0667. The Hall–Kier alpha value is -1.93. The molecule has 0 unspecified atom stereocenters. The van der Waals surface area contributed by atoms with Crippen molar-refractivity contribution in [2.75, 3.05) is 7.11 Å². The van der Waals surface area contributed by atoms with E-state index in [-0.39, 0.29) is 0 Å². The lowest BCUT2D eigenvalue weighted by Crippen LogP contribution is -1.81. The molecule has 3 aromatic rings. The highest BCUT2D eigenvalue weighted by Gasteiger charge is 2.08. The van der Waals surface area contributed by atoms with E-state index in [0.717, 1.165) is 28.0 Å². The van der Waals surface area contributed by atoms with Gasteiger partial charge in [-0.15, -0.1) is 0 Å². The lowest BCUT2D eigenvalue weighted by Gasteiger charge is -2.00. The van der Waals surface area contributed by atoms with Crippen LogP contribution >= 0.6 is 11.6 Å². The van der Waals surface area contributed by atoms with Gasteiger partial charge in [-0.1, -0.05) is 23.7 Å². The second kappa shape index (κ2) is 4.39. The van der Waals surface area contributed by atoms with Crippen LogP contribution in [0.25, 0.3) is 22.3 Å². The number of benzene rings is 2. The first-order valence-electron chi connectivity index (χ1n) is 5.60. The molecule has 18 heavy (non-hydrogen) atoms. The van der Waals surface area contributed by atoms with Gasteiger partial charge in [-0.2, -0.15) is 0 Å². The minimum absolute atomic E-state index is 0.632. The zero-order valence-electron chi connectivity index (χ0n) is 9.81.